The van der Waals surface area contributed by atoms with Crippen LogP contribution >= 0.6 is 34.7 Å². The van der Waals surface area contributed by atoms with Crippen molar-refractivity contribution in [1.82, 2.24) is 19.7 Å². The molecule has 0 bridgehead atoms. The smallest absolute Gasteiger partial charge is 0.191 e. The van der Waals surface area contributed by atoms with Gasteiger partial charge < -0.3 is 9.30 Å². The van der Waals surface area contributed by atoms with Crippen molar-refractivity contribution >= 4 is 40.5 Å². The third-order valence-corrected chi connectivity index (χ3v) is 5.79. The van der Waals surface area contributed by atoms with E-state index < -0.39 is 0 Å². The van der Waals surface area contributed by atoms with Crippen molar-refractivity contribution in [3.8, 4) is 11.5 Å². The Kier molecular flexibility index (Phi) is 7.01. The van der Waals surface area contributed by atoms with Crippen molar-refractivity contribution in [2.75, 3.05) is 19.5 Å². The van der Waals surface area contributed by atoms with E-state index in [1.54, 1.807) is 42.7 Å². The Balaban J connectivity index is 1.76. The van der Waals surface area contributed by atoms with Crippen LogP contribution in [0, 0.1) is 6.92 Å². The number of carbonyl (C=O) groups excluding carboxylic acids is 1. The quantitative estimate of drug-likeness (QED) is 0.289. The molecule has 0 N–H and O–H groups in total. The van der Waals surface area contributed by atoms with Gasteiger partial charge in [0.05, 0.1) is 10.8 Å². The lowest BCUT2D eigenvalue weighted by atomic mass is 10.1. The highest BCUT2D eigenvalue weighted by Crippen LogP contribution is 2.26. The largest absolute Gasteiger partial charge is 0.385 e. The molecule has 0 aliphatic heterocycles. The Morgan fingerprint density at radius 2 is 2.07 bits per heavy atom. The summed E-state index contributed by atoms with van der Waals surface area (Å²) in [6, 6.07) is 6.90. The summed E-state index contributed by atoms with van der Waals surface area (Å²) in [4.78, 5) is 16.9. The Hall–Kier alpha value is -1.74. The summed E-state index contributed by atoms with van der Waals surface area (Å²) in [6.07, 6.45) is 0.823. The number of halogens is 1. The Bertz CT molecular complexity index is 908. The number of aryl methyl sites for hydroxylation is 1. The number of carbonyl (C=O) groups is 1. The molecule has 142 valence electrons. The number of aromatic nitrogens is 4. The van der Waals surface area contributed by atoms with Gasteiger partial charge in [-0.3, -0.25) is 4.79 Å². The van der Waals surface area contributed by atoms with Crippen LogP contribution in [0.25, 0.3) is 11.5 Å². The second-order valence-corrected chi connectivity index (χ2v) is 8.22. The van der Waals surface area contributed by atoms with Crippen LogP contribution in [0.2, 0.25) is 5.02 Å². The van der Waals surface area contributed by atoms with Crippen LogP contribution in [0.1, 0.15) is 21.8 Å². The van der Waals surface area contributed by atoms with Crippen LogP contribution in [0.5, 0.6) is 0 Å². The maximum absolute atomic E-state index is 12.4. The molecule has 0 unspecified atom stereocenters. The molecule has 0 spiro atoms. The second kappa shape index (κ2) is 9.45. The lowest BCUT2D eigenvalue weighted by Crippen LogP contribution is -2.07. The van der Waals surface area contributed by atoms with Crippen molar-refractivity contribution in [2.45, 2.75) is 25.0 Å². The minimum atomic E-state index is 0.0224. The number of ketones is 1. The highest BCUT2D eigenvalue weighted by molar-refractivity contribution is 7.99. The summed E-state index contributed by atoms with van der Waals surface area (Å²) in [5, 5.41) is 12.9. The first-order chi connectivity index (χ1) is 13.1. The molecule has 9 heteroatoms. The SMILES string of the molecule is COCCCn1c(SCC(=O)c2ccc(Cl)cc2)nnc1-c1csc(C)n1. The molecule has 0 aliphatic carbocycles. The average Bonchev–Trinajstić information content (AvgIpc) is 3.26. The van der Waals surface area contributed by atoms with Crippen molar-refractivity contribution in [3.05, 3.63) is 45.2 Å². The summed E-state index contributed by atoms with van der Waals surface area (Å²) >= 11 is 8.83. The fourth-order valence-corrected chi connectivity index (χ4v) is 4.05. The van der Waals surface area contributed by atoms with Gasteiger partial charge in [-0.1, -0.05) is 23.4 Å². The number of methoxy groups -OCH3 is 1. The number of ether oxygens (including phenoxy) is 1. The number of hydrogen-bond acceptors (Lipinski definition) is 7. The molecule has 0 atom stereocenters. The number of nitrogens with zero attached hydrogens (tertiary/aromatic N) is 4. The molecule has 2 heterocycles. The topological polar surface area (TPSA) is 69.9 Å². The van der Waals surface area contributed by atoms with Crippen molar-refractivity contribution in [1.29, 1.82) is 0 Å². The summed E-state index contributed by atoms with van der Waals surface area (Å²) in [7, 11) is 1.68. The molecule has 0 saturated carbocycles. The van der Waals surface area contributed by atoms with E-state index in [0.29, 0.717) is 28.9 Å². The molecule has 3 aromatic rings. The van der Waals surface area contributed by atoms with Gasteiger partial charge in [-0.05, 0) is 37.6 Å². The minimum absolute atomic E-state index is 0.0224. The zero-order valence-corrected chi connectivity index (χ0v) is 17.4. The summed E-state index contributed by atoms with van der Waals surface area (Å²) < 4.78 is 7.16. The van der Waals surface area contributed by atoms with E-state index in [0.717, 1.165) is 22.9 Å². The number of benzene rings is 1. The van der Waals surface area contributed by atoms with Gasteiger partial charge in [0.1, 0.15) is 5.69 Å². The standard InChI is InChI=1S/C18H19ClN4O2S2/c1-12-20-15(10-26-12)17-21-22-18(23(17)8-3-9-25-2)27-11-16(24)13-4-6-14(19)7-5-13/h4-7,10H,3,8-9,11H2,1-2H3. The molecule has 2 aromatic heterocycles. The fraction of sp³-hybridized carbons (Fsp3) is 0.333. The lowest BCUT2D eigenvalue weighted by molar-refractivity contribution is 0.102. The molecule has 0 amide bonds. The molecule has 0 radical (unpaired) electrons. The van der Waals surface area contributed by atoms with E-state index in [2.05, 4.69) is 15.2 Å². The zero-order valence-electron chi connectivity index (χ0n) is 15.0. The number of rotatable bonds is 9. The number of thioether (sulfide) groups is 1. The summed E-state index contributed by atoms with van der Waals surface area (Å²) in [5.41, 5.74) is 1.44. The molecular formula is C18H19ClN4O2S2. The van der Waals surface area contributed by atoms with E-state index >= 15 is 0 Å². The molecule has 0 aliphatic rings. The van der Waals surface area contributed by atoms with E-state index in [1.165, 1.54) is 11.8 Å². The highest BCUT2D eigenvalue weighted by atomic mass is 35.5. The van der Waals surface area contributed by atoms with Crippen molar-refractivity contribution in [3.63, 3.8) is 0 Å². The molecule has 6 nitrogen and oxygen atoms in total. The van der Waals surface area contributed by atoms with E-state index in [9.17, 15) is 4.79 Å². The van der Waals surface area contributed by atoms with E-state index in [4.69, 9.17) is 16.3 Å². The van der Waals surface area contributed by atoms with Gasteiger partial charge in [-0.25, -0.2) is 4.98 Å². The lowest BCUT2D eigenvalue weighted by Gasteiger charge is -2.08. The number of thiazole rings is 1. The van der Waals surface area contributed by atoms with Gasteiger partial charge in [0.25, 0.3) is 0 Å². The van der Waals surface area contributed by atoms with Crippen LogP contribution in [0.4, 0.5) is 0 Å². The van der Waals surface area contributed by atoms with Crippen LogP contribution < -0.4 is 0 Å². The van der Waals surface area contributed by atoms with Gasteiger partial charge >= 0.3 is 0 Å². The third-order valence-electron chi connectivity index (χ3n) is 3.79. The van der Waals surface area contributed by atoms with Crippen LogP contribution in [0.15, 0.2) is 34.8 Å². The minimum Gasteiger partial charge on any atom is -0.385 e. The van der Waals surface area contributed by atoms with Gasteiger partial charge in [0.15, 0.2) is 16.8 Å². The first-order valence-corrected chi connectivity index (χ1v) is 10.6. The molecule has 3 rings (SSSR count). The monoisotopic (exact) mass is 422 g/mol. The number of hydrogen-bond donors (Lipinski definition) is 0. The maximum Gasteiger partial charge on any atom is 0.191 e. The molecule has 27 heavy (non-hydrogen) atoms. The van der Waals surface area contributed by atoms with Gasteiger partial charge in [0.2, 0.25) is 0 Å². The molecular weight excluding hydrogens is 404 g/mol. The summed E-state index contributed by atoms with van der Waals surface area (Å²) in [6.45, 7) is 3.30. The van der Waals surface area contributed by atoms with Gasteiger partial charge in [0, 0.05) is 36.2 Å². The summed E-state index contributed by atoms with van der Waals surface area (Å²) in [5.74, 6) is 1.02. The van der Waals surface area contributed by atoms with Crippen LogP contribution in [0.3, 0.4) is 0 Å². The Morgan fingerprint density at radius 1 is 1.30 bits per heavy atom. The first kappa shape index (κ1) is 20.0. The molecule has 0 saturated heterocycles. The second-order valence-electron chi connectivity index (χ2n) is 5.77. The van der Waals surface area contributed by atoms with E-state index in [-0.39, 0.29) is 11.5 Å². The first-order valence-electron chi connectivity index (χ1n) is 8.34. The number of Topliss-reactive ketones (excluding diaryl/α,β-unsaturated/α-hetero) is 1. The van der Waals surface area contributed by atoms with Crippen molar-refractivity contribution in [2.24, 2.45) is 0 Å². The Labute approximate surface area is 170 Å². The van der Waals surface area contributed by atoms with E-state index in [1.807, 2.05) is 16.9 Å². The fourth-order valence-electron chi connectivity index (χ4n) is 2.47. The normalized spacial score (nSPS) is 11.1. The average molecular weight is 423 g/mol. The Morgan fingerprint density at radius 3 is 2.74 bits per heavy atom. The van der Waals surface area contributed by atoms with Crippen LogP contribution in [-0.2, 0) is 11.3 Å². The third kappa shape index (κ3) is 5.16. The highest BCUT2D eigenvalue weighted by Gasteiger charge is 2.17. The molecule has 0 fully saturated rings. The maximum atomic E-state index is 12.4. The van der Waals surface area contributed by atoms with Gasteiger partial charge in [-0.15, -0.1) is 21.5 Å². The zero-order chi connectivity index (χ0) is 19.2. The predicted octanol–water partition coefficient (Wildman–Crippen LogP) is 4.37. The predicted molar refractivity (Wildman–Crippen MR) is 109 cm³/mol. The molecule has 1 aromatic carbocycles. The van der Waals surface area contributed by atoms with Crippen molar-refractivity contribution < 1.29 is 9.53 Å². The van der Waals surface area contributed by atoms with Crippen LogP contribution in [-0.4, -0.2) is 45.0 Å². The van der Waals surface area contributed by atoms with Gasteiger partial charge in [-0.2, -0.15) is 0 Å².